The van der Waals surface area contributed by atoms with Gasteiger partial charge in [0, 0.05) is 28.8 Å². The molecule has 7 heteroatoms. The van der Waals surface area contributed by atoms with Gasteiger partial charge in [-0.15, -0.1) is 11.8 Å². The zero-order valence-corrected chi connectivity index (χ0v) is 18.4. The minimum atomic E-state index is -0.544. The molecule has 0 aliphatic heterocycles. The molecule has 0 heterocycles. The first kappa shape index (κ1) is 21.8. The van der Waals surface area contributed by atoms with Crippen LogP contribution < -0.4 is 5.32 Å². The topological polar surface area (TPSA) is 49.4 Å². The van der Waals surface area contributed by atoms with E-state index in [1.165, 1.54) is 11.8 Å². The van der Waals surface area contributed by atoms with Crippen LogP contribution in [0.1, 0.15) is 18.1 Å². The molecule has 0 radical (unpaired) electrons. The molecule has 27 heavy (non-hydrogen) atoms. The van der Waals surface area contributed by atoms with Gasteiger partial charge in [0.15, 0.2) is 0 Å². The van der Waals surface area contributed by atoms with Crippen LogP contribution in [0.2, 0.25) is 5.02 Å². The van der Waals surface area contributed by atoms with Crippen LogP contribution in [0.3, 0.4) is 0 Å². The molecular formula is C20H22BrClN2O2S. The summed E-state index contributed by atoms with van der Waals surface area (Å²) >= 11 is 10.9. The standard InChI is InChI=1S/C20H22BrClN2O2S/c1-14(20(26)23-2)24(11-15-6-8-17(21)9-7-15)19(25)13-27-12-16-4-3-5-18(22)10-16/h3-10,14H,11-13H2,1-2H3,(H,23,26)/t14-/m0/s1. The van der Waals surface area contributed by atoms with Crippen molar-refractivity contribution in [3.8, 4) is 0 Å². The van der Waals surface area contributed by atoms with Gasteiger partial charge in [-0.25, -0.2) is 0 Å². The van der Waals surface area contributed by atoms with Crippen LogP contribution in [0.15, 0.2) is 53.0 Å². The Labute approximate surface area is 177 Å². The van der Waals surface area contributed by atoms with Crippen molar-refractivity contribution in [1.82, 2.24) is 10.2 Å². The molecule has 0 spiro atoms. The van der Waals surface area contributed by atoms with Crippen molar-refractivity contribution >= 4 is 51.1 Å². The van der Waals surface area contributed by atoms with Gasteiger partial charge in [-0.05, 0) is 42.3 Å². The summed E-state index contributed by atoms with van der Waals surface area (Å²) in [5.74, 6) is 0.735. The summed E-state index contributed by atoms with van der Waals surface area (Å²) < 4.78 is 0.973. The molecule has 4 nitrogen and oxygen atoms in total. The van der Waals surface area contributed by atoms with Crippen LogP contribution in [-0.4, -0.2) is 35.6 Å². The molecular weight excluding hydrogens is 448 g/mol. The van der Waals surface area contributed by atoms with Crippen LogP contribution in [0.4, 0.5) is 0 Å². The summed E-state index contributed by atoms with van der Waals surface area (Å²) in [5.41, 5.74) is 2.04. The zero-order valence-electron chi connectivity index (χ0n) is 15.2. The van der Waals surface area contributed by atoms with Gasteiger partial charge in [-0.2, -0.15) is 0 Å². The highest BCUT2D eigenvalue weighted by molar-refractivity contribution is 9.10. The van der Waals surface area contributed by atoms with Gasteiger partial charge in [-0.3, -0.25) is 9.59 Å². The van der Waals surface area contributed by atoms with Crippen LogP contribution in [0, 0.1) is 0 Å². The number of rotatable bonds is 8. The summed E-state index contributed by atoms with van der Waals surface area (Å²) in [4.78, 5) is 26.5. The number of halogens is 2. The van der Waals surface area contributed by atoms with E-state index in [9.17, 15) is 9.59 Å². The second kappa shape index (κ2) is 10.7. The van der Waals surface area contributed by atoms with Crippen LogP contribution in [-0.2, 0) is 21.9 Å². The Hall–Kier alpha value is -1.50. The maximum Gasteiger partial charge on any atom is 0.242 e. The summed E-state index contributed by atoms with van der Waals surface area (Å²) in [7, 11) is 1.58. The maximum atomic E-state index is 12.8. The molecule has 1 N–H and O–H groups in total. The Kier molecular flexibility index (Phi) is 8.67. The quantitative estimate of drug-likeness (QED) is 0.619. The monoisotopic (exact) mass is 468 g/mol. The molecule has 0 saturated heterocycles. The van der Waals surface area contributed by atoms with Crippen molar-refractivity contribution in [3.05, 3.63) is 69.2 Å². The number of thioether (sulfide) groups is 1. The number of amides is 2. The molecule has 0 bridgehead atoms. The highest BCUT2D eigenvalue weighted by Crippen LogP contribution is 2.19. The summed E-state index contributed by atoms with van der Waals surface area (Å²) in [6.07, 6.45) is 0. The largest absolute Gasteiger partial charge is 0.357 e. The predicted octanol–water partition coefficient (Wildman–Crippen LogP) is 4.50. The fourth-order valence-corrected chi connectivity index (χ4v) is 3.88. The molecule has 0 aromatic heterocycles. The average Bonchev–Trinajstić information content (AvgIpc) is 2.66. The Bertz CT molecular complexity index is 786. The van der Waals surface area contributed by atoms with Crippen LogP contribution in [0.25, 0.3) is 0 Å². The van der Waals surface area contributed by atoms with E-state index in [1.807, 2.05) is 48.5 Å². The highest BCUT2D eigenvalue weighted by atomic mass is 79.9. The number of likely N-dealkylation sites (N-methyl/N-ethyl adjacent to an activating group) is 1. The van der Waals surface area contributed by atoms with Crippen molar-refractivity contribution in [2.45, 2.75) is 25.3 Å². The fourth-order valence-electron chi connectivity index (χ4n) is 2.54. The smallest absolute Gasteiger partial charge is 0.242 e. The van der Waals surface area contributed by atoms with Gasteiger partial charge in [-0.1, -0.05) is 51.8 Å². The Morgan fingerprint density at radius 2 is 1.89 bits per heavy atom. The Morgan fingerprint density at radius 3 is 2.52 bits per heavy atom. The number of benzene rings is 2. The lowest BCUT2D eigenvalue weighted by atomic mass is 10.1. The SMILES string of the molecule is CNC(=O)[C@H](C)N(Cc1ccc(Br)cc1)C(=O)CSCc1cccc(Cl)c1. The van der Waals surface area contributed by atoms with E-state index in [-0.39, 0.29) is 11.8 Å². The van der Waals surface area contributed by atoms with Crippen LogP contribution >= 0.6 is 39.3 Å². The normalized spacial score (nSPS) is 11.7. The average molecular weight is 470 g/mol. The summed E-state index contributed by atoms with van der Waals surface area (Å²) in [6, 6.07) is 14.8. The minimum Gasteiger partial charge on any atom is -0.357 e. The van der Waals surface area contributed by atoms with Gasteiger partial charge in [0.05, 0.1) is 5.75 Å². The van der Waals surface area contributed by atoms with Gasteiger partial charge < -0.3 is 10.2 Å². The highest BCUT2D eigenvalue weighted by Gasteiger charge is 2.25. The van der Waals surface area contributed by atoms with Crippen molar-refractivity contribution in [2.24, 2.45) is 0 Å². The van der Waals surface area contributed by atoms with Crippen molar-refractivity contribution in [2.75, 3.05) is 12.8 Å². The van der Waals surface area contributed by atoms with Crippen molar-refractivity contribution in [3.63, 3.8) is 0 Å². The number of carbonyl (C=O) groups is 2. The molecule has 0 fully saturated rings. The molecule has 2 aromatic carbocycles. The first-order valence-corrected chi connectivity index (χ1v) is 10.8. The molecule has 2 rings (SSSR count). The molecule has 2 amide bonds. The number of carbonyl (C=O) groups excluding carboxylic acids is 2. The third-order valence-electron chi connectivity index (χ3n) is 4.06. The third kappa shape index (κ3) is 6.87. The third-order valence-corrected chi connectivity index (χ3v) is 5.82. The summed E-state index contributed by atoms with van der Waals surface area (Å²) in [5, 5.41) is 3.31. The molecule has 144 valence electrons. The second-order valence-corrected chi connectivity index (χ2v) is 8.40. The van der Waals surface area contributed by atoms with E-state index in [0.717, 1.165) is 15.6 Å². The lowest BCUT2D eigenvalue weighted by Gasteiger charge is -2.28. The Morgan fingerprint density at radius 1 is 1.19 bits per heavy atom. The van der Waals surface area contributed by atoms with E-state index in [0.29, 0.717) is 23.1 Å². The van der Waals surface area contributed by atoms with E-state index in [1.54, 1.807) is 18.9 Å². The van der Waals surface area contributed by atoms with E-state index in [4.69, 9.17) is 11.6 Å². The molecule has 0 aliphatic rings. The lowest BCUT2D eigenvalue weighted by Crippen LogP contribution is -2.47. The predicted molar refractivity (Wildman–Crippen MR) is 116 cm³/mol. The van der Waals surface area contributed by atoms with E-state index < -0.39 is 6.04 Å². The zero-order chi connectivity index (χ0) is 19.8. The van der Waals surface area contributed by atoms with E-state index in [2.05, 4.69) is 21.2 Å². The van der Waals surface area contributed by atoms with Crippen molar-refractivity contribution in [1.29, 1.82) is 0 Å². The van der Waals surface area contributed by atoms with Gasteiger partial charge in [0.25, 0.3) is 0 Å². The summed E-state index contributed by atoms with van der Waals surface area (Å²) in [6.45, 7) is 2.13. The molecule has 0 unspecified atom stereocenters. The molecule has 2 aromatic rings. The van der Waals surface area contributed by atoms with Gasteiger partial charge >= 0.3 is 0 Å². The van der Waals surface area contributed by atoms with Gasteiger partial charge in [0.2, 0.25) is 11.8 Å². The van der Waals surface area contributed by atoms with Crippen LogP contribution in [0.5, 0.6) is 0 Å². The molecule has 1 atom stereocenters. The van der Waals surface area contributed by atoms with E-state index >= 15 is 0 Å². The lowest BCUT2D eigenvalue weighted by molar-refractivity contribution is -0.138. The first-order chi connectivity index (χ1) is 12.9. The number of nitrogens with one attached hydrogen (secondary N) is 1. The van der Waals surface area contributed by atoms with Crippen molar-refractivity contribution < 1.29 is 9.59 Å². The molecule has 0 saturated carbocycles. The number of hydrogen-bond acceptors (Lipinski definition) is 3. The number of nitrogens with zero attached hydrogens (tertiary/aromatic N) is 1. The second-order valence-electron chi connectivity index (χ2n) is 6.06. The fraction of sp³-hybridized carbons (Fsp3) is 0.300. The first-order valence-electron chi connectivity index (χ1n) is 8.48. The molecule has 0 aliphatic carbocycles. The minimum absolute atomic E-state index is 0.0685. The number of hydrogen-bond donors (Lipinski definition) is 1. The maximum absolute atomic E-state index is 12.8. The van der Waals surface area contributed by atoms with Gasteiger partial charge in [0.1, 0.15) is 6.04 Å². The Balaban J connectivity index is 2.03.